The van der Waals surface area contributed by atoms with Gasteiger partial charge in [0.15, 0.2) is 0 Å². The molecule has 16 heavy (non-hydrogen) atoms. The van der Waals surface area contributed by atoms with E-state index in [1.807, 2.05) is 11.3 Å². The molecule has 1 unspecified atom stereocenters. The molecule has 2 N–H and O–H groups in total. The van der Waals surface area contributed by atoms with Crippen LogP contribution in [0.4, 0.5) is 0 Å². The summed E-state index contributed by atoms with van der Waals surface area (Å²) in [6.45, 7) is 2.39. The van der Waals surface area contributed by atoms with Crippen molar-refractivity contribution in [1.82, 2.24) is 9.88 Å². The first-order valence-electron chi connectivity index (χ1n) is 6.12. The van der Waals surface area contributed by atoms with E-state index in [4.69, 9.17) is 10.7 Å². The maximum absolute atomic E-state index is 5.82. The van der Waals surface area contributed by atoms with E-state index in [9.17, 15) is 0 Å². The Morgan fingerprint density at radius 1 is 1.44 bits per heavy atom. The van der Waals surface area contributed by atoms with E-state index in [0.29, 0.717) is 17.9 Å². The van der Waals surface area contributed by atoms with E-state index in [0.717, 1.165) is 12.8 Å². The van der Waals surface area contributed by atoms with Gasteiger partial charge in [-0.1, -0.05) is 0 Å². The largest absolute Gasteiger partial charge is 0.328 e. The summed E-state index contributed by atoms with van der Waals surface area (Å²) in [5.74, 6) is 1.33. The molecule has 1 saturated carbocycles. The summed E-state index contributed by atoms with van der Waals surface area (Å²) < 4.78 is 0. The van der Waals surface area contributed by atoms with E-state index in [1.54, 1.807) is 0 Å². The average Bonchev–Trinajstić information content (AvgIpc) is 2.81. The maximum atomic E-state index is 5.82. The number of nitrogens with two attached hydrogens (primary N) is 1. The Labute approximate surface area is 101 Å². The van der Waals surface area contributed by atoms with Crippen molar-refractivity contribution >= 4 is 11.3 Å². The fourth-order valence-electron chi connectivity index (χ4n) is 2.72. The van der Waals surface area contributed by atoms with Crippen LogP contribution in [-0.4, -0.2) is 36.1 Å². The molecule has 1 aromatic heterocycles. The molecule has 1 aliphatic heterocycles. The Morgan fingerprint density at radius 3 is 2.88 bits per heavy atom. The monoisotopic (exact) mass is 237 g/mol. The van der Waals surface area contributed by atoms with Gasteiger partial charge in [-0.15, -0.1) is 11.3 Å². The first kappa shape index (κ1) is 10.7. The van der Waals surface area contributed by atoms with E-state index in [-0.39, 0.29) is 0 Å². The second kappa shape index (κ2) is 4.09. The van der Waals surface area contributed by atoms with Crippen molar-refractivity contribution < 1.29 is 0 Å². The molecular formula is C12H19N3S. The zero-order chi connectivity index (χ0) is 11.1. The van der Waals surface area contributed by atoms with E-state index in [1.165, 1.54) is 30.2 Å². The summed E-state index contributed by atoms with van der Waals surface area (Å²) in [7, 11) is 2.19. The van der Waals surface area contributed by atoms with Crippen LogP contribution in [0, 0.1) is 0 Å². The molecule has 2 aliphatic rings. The fraction of sp³-hybridized carbons (Fsp3) is 0.750. The maximum Gasteiger partial charge on any atom is 0.0960 e. The molecule has 0 spiro atoms. The highest BCUT2D eigenvalue weighted by atomic mass is 32.1. The number of likely N-dealkylation sites (tertiary alicyclic amines) is 1. The summed E-state index contributed by atoms with van der Waals surface area (Å²) in [6.07, 6.45) is 3.54. The molecule has 1 atom stereocenters. The molecule has 1 aromatic rings. The number of likely N-dealkylation sites (N-methyl/N-ethyl adjacent to an activating group) is 1. The van der Waals surface area contributed by atoms with E-state index >= 15 is 0 Å². The Balaban J connectivity index is 1.68. The third-order valence-corrected chi connectivity index (χ3v) is 4.90. The summed E-state index contributed by atoms with van der Waals surface area (Å²) in [6, 6.07) is 0.426. The van der Waals surface area contributed by atoms with Crippen LogP contribution in [0.3, 0.4) is 0 Å². The van der Waals surface area contributed by atoms with Crippen LogP contribution in [0.25, 0.3) is 0 Å². The number of thiazole rings is 1. The minimum absolute atomic E-state index is 0.426. The van der Waals surface area contributed by atoms with Crippen molar-refractivity contribution in [2.24, 2.45) is 5.73 Å². The Hall–Kier alpha value is -0.450. The molecule has 1 aliphatic carbocycles. The predicted octanol–water partition coefficient (Wildman–Crippen LogP) is 1.77. The van der Waals surface area contributed by atoms with Crippen LogP contribution in [0.2, 0.25) is 0 Å². The molecule has 88 valence electrons. The summed E-state index contributed by atoms with van der Waals surface area (Å²) >= 11 is 1.84. The van der Waals surface area contributed by atoms with Crippen LogP contribution >= 0.6 is 11.3 Å². The minimum atomic E-state index is 0.426. The van der Waals surface area contributed by atoms with Crippen molar-refractivity contribution in [2.75, 3.05) is 20.1 Å². The molecule has 0 radical (unpaired) electrons. The smallest absolute Gasteiger partial charge is 0.0960 e. The van der Waals surface area contributed by atoms with Crippen LogP contribution in [0.5, 0.6) is 0 Å². The molecular weight excluding hydrogens is 218 g/mol. The summed E-state index contributed by atoms with van der Waals surface area (Å²) in [4.78, 5) is 7.21. The second-order valence-electron chi connectivity index (χ2n) is 5.29. The molecule has 0 aromatic carbocycles. The van der Waals surface area contributed by atoms with Gasteiger partial charge in [-0.3, -0.25) is 0 Å². The first-order valence-corrected chi connectivity index (χ1v) is 7.00. The van der Waals surface area contributed by atoms with Gasteiger partial charge in [0, 0.05) is 29.8 Å². The van der Waals surface area contributed by atoms with Gasteiger partial charge in [-0.05, 0) is 32.9 Å². The van der Waals surface area contributed by atoms with Gasteiger partial charge in [0.25, 0.3) is 0 Å². The molecule has 1 saturated heterocycles. The van der Waals surface area contributed by atoms with Gasteiger partial charge >= 0.3 is 0 Å². The highest BCUT2D eigenvalue weighted by Gasteiger charge is 2.31. The number of hydrogen-bond donors (Lipinski definition) is 1. The van der Waals surface area contributed by atoms with Crippen molar-refractivity contribution in [1.29, 1.82) is 0 Å². The molecule has 0 amide bonds. The number of aromatic nitrogens is 1. The van der Waals surface area contributed by atoms with Gasteiger partial charge in [0.1, 0.15) is 0 Å². The van der Waals surface area contributed by atoms with Crippen LogP contribution in [0.15, 0.2) is 5.38 Å². The lowest BCUT2D eigenvalue weighted by Gasteiger charge is -2.30. The lowest BCUT2D eigenvalue weighted by Crippen LogP contribution is -2.34. The Bertz CT molecular complexity index is 370. The quantitative estimate of drug-likeness (QED) is 0.852. The number of hydrogen-bond acceptors (Lipinski definition) is 4. The highest BCUT2D eigenvalue weighted by molar-refractivity contribution is 7.09. The van der Waals surface area contributed by atoms with Crippen molar-refractivity contribution in [3.05, 3.63) is 16.1 Å². The zero-order valence-corrected chi connectivity index (χ0v) is 10.5. The zero-order valence-electron chi connectivity index (χ0n) is 9.72. The number of nitrogens with zero attached hydrogens (tertiary/aromatic N) is 2. The third kappa shape index (κ3) is 1.90. The third-order valence-electron chi connectivity index (χ3n) is 3.87. The molecule has 2 fully saturated rings. The topological polar surface area (TPSA) is 42.1 Å². The highest BCUT2D eigenvalue weighted by Crippen LogP contribution is 2.38. The van der Waals surface area contributed by atoms with Crippen LogP contribution in [0.1, 0.15) is 41.8 Å². The van der Waals surface area contributed by atoms with E-state index < -0.39 is 0 Å². The van der Waals surface area contributed by atoms with E-state index in [2.05, 4.69) is 17.3 Å². The fourth-order valence-corrected chi connectivity index (χ4v) is 3.75. The van der Waals surface area contributed by atoms with Crippen LogP contribution in [-0.2, 0) is 0 Å². The molecule has 3 nitrogen and oxygen atoms in total. The minimum Gasteiger partial charge on any atom is -0.328 e. The standard InChI is InChI=1S/C12H19N3S/c1-15-3-2-8(6-15)11-7-16-12(14-11)9-4-10(13)5-9/h7-10H,2-6,13H2,1H3. The van der Waals surface area contributed by atoms with Gasteiger partial charge in [-0.2, -0.15) is 0 Å². The second-order valence-corrected chi connectivity index (χ2v) is 6.18. The van der Waals surface area contributed by atoms with Gasteiger partial charge < -0.3 is 10.6 Å². The van der Waals surface area contributed by atoms with Crippen molar-refractivity contribution in [3.63, 3.8) is 0 Å². The summed E-state index contributed by atoms with van der Waals surface area (Å²) in [5.41, 5.74) is 7.15. The summed E-state index contributed by atoms with van der Waals surface area (Å²) in [5, 5.41) is 3.59. The average molecular weight is 237 g/mol. The van der Waals surface area contributed by atoms with Gasteiger partial charge in [-0.25, -0.2) is 4.98 Å². The first-order chi connectivity index (χ1) is 7.72. The lowest BCUT2D eigenvalue weighted by molar-refractivity contribution is 0.350. The SMILES string of the molecule is CN1CCC(c2csc(C3CC(N)C3)n2)C1. The van der Waals surface area contributed by atoms with Gasteiger partial charge in [0.05, 0.1) is 10.7 Å². The van der Waals surface area contributed by atoms with Crippen molar-refractivity contribution in [2.45, 2.75) is 37.1 Å². The van der Waals surface area contributed by atoms with Gasteiger partial charge in [0.2, 0.25) is 0 Å². The number of rotatable bonds is 2. The van der Waals surface area contributed by atoms with Crippen LogP contribution < -0.4 is 5.73 Å². The Kier molecular flexibility index (Phi) is 2.73. The Morgan fingerprint density at radius 2 is 2.25 bits per heavy atom. The molecule has 4 heteroatoms. The molecule has 3 rings (SSSR count). The van der Waals surface area contributed by atoms with Crippen molar-refractivity contribution in [3.8, 4) is 0 Å². The molecule has 2 heterocycles. The predicted molar refractivity (Wildman–Crippen MR) is 66.9 cm³/mol. The molecule has 0 bridgehead atoms. The normalized spacial score (nSPS) is 35.2. The lowest BCUT2D eigenvalue weighted by atomic mass is 9.81.